The molecule has 1 fully saturated rings. The minimum atomic E-state index is -0.312. The molecule has 0 aromatic carbocycles. The Morgan fingerprint density at radius 2 is 2.06 bits per heavy atom. The van der Waals surface area contributed by atoms with Gasteiger partial charge in [0.05, 0.1) is 6.10 Å². The summed E-state index contributed by atoms with van der Waals surface area (Å²) in [6.45, 7) is 8.60. The van der Waals surface area contributed by atoms with E-state index in [1.54, 1.807) is 18.7 Å². The molecule has 1 aliphatic heterocycles. The second kappa shape index (κ2) is 5.32. The maximum absolute atomic E-state index is 11.6. The van der Waals surface area contributed by atoms with Crippen LogP contribution in [0.1, 0.15) is 34.1 Å². The summed E-state index contributed by atoms with van der Waals surface area (Å²) in [7, 11) is 0. The molecule has 4 heteroatoms. The largest absolute Gasteiger partial charge is 0.462 e. The van der Waals surface area contributed by atoms with E-state index in [1.165, 1.54) is 0 Å². The van der Waals surface area contributed by atoms with Crippen molar-refractivity contribution >= 4 is 11.9 Å². The molecule has 1 heterocycles. The van der Waals surface area contributed by atoms with Crippen LogP contribution in [0.25, 0.3) is 0 Å². The van der Waals surface area contributed by atoms with Gasteiger partial charge in [-0.25, -0.2) is 0 Å². The van der Waals surface area contributed by atoms with E-state index >= 15 is 0 Å². The second-order valence-corrected chi connectivity index (χ2v) is 5.02. The number of amides is 1. The summed E-state index contributed by atoms with van der Waals surface area (Å²) < 4.78 is 5.02. The van der Waals surface area contributed by atoms with Gasteiger partial charge in [0.1, 0.15) is 6.54 Å². The van der Waals surface area contributed by atoms with Crippen LogP contribution < -0.4 is 0 Å². The molecule has 0 aromatic rings. The van der Waals surface area contributed by atoms with Crippen LogP contribution in [0.4, 0.5) is 0 Å². The maximum atomic E-state index is 11.6. The molecule has 92 valence electrons. The van der Waals surface area contributed by atoms with E-state index in [4.69, 9.17) is 4.74 Å². The summed E-state index contributed by atoms with van der Waals surface area (Å²) in [6, 6.07) is 0. The first kappa shape index (κ1) is 13.0. The van der Waals surface area contributed by atoms with E-state index < -0.39 is 0 Å². The van der Waals surface area contributed by atoms with E-state index in [2.05, 4.69) is 13.8 Å². The van der Waals surface area contributed by atoms with Crippen LogP contribution in [0, 0.1) is 11.8 Å². The van der Waals surface area contributed by atoms with Gasteiger partial charge in [-0.05, 0) is 25.7 Å². The zero-order valence-electron chi connectivity index (χ0n) is 10.5. The summed E-state index contributed by atoms with van der Waals surface area (Å²) in [5, 5.41) is 0. The Labute approximate surface area is 96.9 Å². The standard InChI is InChI=1S/C12H21NO3/c1-8(2)10-5-11(14)13(6-10)7-12(15)16-9(3)4/h8-10H,5-7H2,1-4H3. The predicted octanol–water partition coefficient (Wildman–Crippen LogP) is 1.44. The summed E-state index contributed by atoms with van der Waals surface area (Å²) in [5.74, 6) is 0.613. The summed E-state index contributed by atoms with van der Waals surface area (Å²) >= 11 is 0. The number of hydrogen-bond acceptors (Lipinski definition) is 3. The number of carbonyl (C=O) groups is 2. The van der Waals surface area contributed by atoms with Crippen LogP contribution in [0.5, 0.6) is 0 Å². The fraction of sp³-hybridized carbons (Fsp3) is 0.833. The van der Waals surface area contributed by atoms with Crippen LogP contribution in [-0.2, 0) is 14.3 Å². The third-order valence-corrected chi connectivity index (χ3v) is 2.87. The fourth-order valence-electron chi connectivity index (χ4n) is 1.86. The Morgan fingerprint density at radius 3 is 2.50 bits per heavy atom. The highest BCUT2D eigenvalue weighted by atomic mass is 16.5. The zero-order valence-corrected chi connectivity index (χ0v) is 10.5. The Hall–Kier alpha value is -1.06. The van der Waals surface area contributed by atoms with E-state index in [-0.39, 0.29) is 24.5 Å². The molecule has 1 atom stereocenters. The predicted molar refractivity (Wildman–Crippen MR) is 60.8 cm³/mol. The molecule has 0 bridgehead atoms. The topological polar surface area (TPSA) is 46.6 Å². The third-order valence-electron chi connectivity index (χ3n) is 2.87. The normalized spacial score (nSPS) is 21.0. The molecule has 1 unspecified atom stereocenters. The molecule has 0 N–H and O–H groups in total. The lowest BCUT2D eigenvalue weighted by molar-refractivity contribution is -0.151. The van der Waals surface area contributed by atoms with Crippen molar-refractivity contribution < 1.29 is 14.3 Å². The lowest BCUT2D eigenvalue weighted by Gasteiger charge is -2.18. The number of likely N-dealkylation sites (tertiary alicyclic amines) is 1. The number of rotatable bonds is 4. The molecule has 0 spiro atoms. The average molecular weight is 227 g/mol. The minimum absolute atomic E-state index is 0.0689. The van der Waals surface area contributed by atoms with Gasteiger partial charge in [0.25, 0.3) is 0 Å². The number of hydrogen-bond donors (Lipinski definition) is 0. The van der Waals surface area contributed by atoms with Crippen LogP contribution in [-0.4, -0.2) is 36.0 Å². The smallest absolute Gasteiger partial charge is 0.325 e. The highest BCUT2D eigenvalue weighted by Gasteiger charge is 2.32. The molecule has 1 aliphatic rings. The molecular formula is C12H21NO3. The first-order valence-electron chi connectivity index (χ1n) is 5.87. The number of esters is 1. The Bertz CT molecular complexity index is 273. The Morgan fingerprint density at radius 1 is 1.44 bits per heavy atom. The lowest BCUT2D eigenvalue weighted by atomic mass is 9.95. The zero-order chi connectivity index (χ0) is 12.3. The third kappa shape index (κ3) is 3.51. The maximum Gasteiger partial charge on any atom is 0.325 e. The molecular weight excluding hydrogens is 206 g/mol. The monoisotopic (exact) mass is 227 g/mol. The molecule has 1 saturated heterocycles. The quantitative estimate of drug-likeness (QED) is 0.683. The van der Waals surface area contributed by atoms with Gasteiger partial charge in [-0.3, -0.25) is 9.59 Å². The van der Waals surface area contributed by atoms with Crippen LogP contribution in [0.15, 0.2) is 0 Å². The average Bonchev–Trinajstić information content (AvgIpc) is 2.46. The number of carbonyl (C=O) groups excluding carboxylic acids is 2. The van der Waals surface area contributed by atoms with Crippen molar-refractivity contribution in [1.82, 2.24) is 4.90 Å². The van der Waals surface area contributed by atoms with Crippen molar-refractivity contribution in [1.29, 1.82) is 0 Å². The molecule has 0 saturated carbocycles. The van der Waals surface area contributed by atoms with Crippen LogP contribution in [0.3, 0.4) is 0 Å². The van der Waals surface area contributed by atoms with E-state index in [9.17, 15) is 9.59 Å². The van der Waals surface area contributed by atoms with Crippen molar-refractivity contribution in [3.63, 3.8) is 0 Å². The van der Waals surface area contributed by atoms with Crippen LogP contribution in [0.2, 0.25) is 0 Å². The molecule has 1 amide bonds. The fourth-order valence-corrected chi connectivity index (χ4v) is 1.86. The molecule has 0 aromatic heterocycles. The van der Waals surface area contributed by atoms with Gasteiger partial charge >= 0.3 is 5.97 Å². The SMILES string of the molecule is CC(C)OC(=O)CN1CC(C(C)C)CC1=O. The Kier molecular flexibility index (Phi) is 4.33. The minimum Gasteiger partial charge on any atom is -0.462 e. The highest BCUT2D eigenvalue weighted by Crippen LogP contribution is 2.24. The second-order valence-electron chi connectivity index (χ2n) is 5.02. The van der Waals surface area contributed by atoms with Crippen LogP contribution >= 0.6 is 0 Å². The molecule has 0 radical (unpaired) electrons. The van der Waals surface area contributed by atoms with Gasteiger partial charge < -0.3 is 9.64 Å². The van der Waals surface area contributed by atoms with Crippen molar-refractivity contribution in [2.75, 3.05) is 13.1 Å². The van der Waals surface area contributed by atoms with Crippen molar-refractivity contribution in [3.8, 4) is 0 Å². The summed E-state index contributed by atoms with van der Waals surface area (Å²) in [5.41, 5.74) is 0. The van der Waals surface area contributed by atoms with Gasteiger partial charge in [0.2, 0.25) is 5.91 Å². The summed E-state index contributed by atoms with van der Waals surface area (Å²) in [4.78, 5) is 24.7. The van der Waals surface area contributed by atoms with Crippen molar-refractivity contribution in [3.05, 3.63) is 0 Å². The van der Waals surface area contributed by atoms with Gasteiger partial charge in [-0.15, -0.1) is 0 Å². The first-order valence-corrected chi connectivity index (χ1v) is 5.87. The van der Waals surface area contributed by atoms with Crippen molar-refractivity contribution in [2.24, 2.45) is 11.8 Å². The van der Waals surface area contributed by atoms with E-state index in [0.717, 1.165) is 0 Å². The summed E-state index contributed by atoms with van der Waals surface area (Å²) in [6.07, 6.45) is 0.443. The molecule has 16 heavy (non-hydrogen) atoms. The van der Waals surface area contributed by atoms with Crippen molar-refractivity contribution in [2.45, 2.75) is 40.2 Å². The lowest BCUT2D eigenvalue weighted by Crippen LogP contribution is -2.33. The molecule has 1 rings (SSSR count). The first-order chi connectivity index (χ1) is 7.40. The van der Waals surface area contributed by atoms with E-state index in [1.807, 2.05) is 0 Å². The van der Waals surface area contributed by atoms with Gasteiger partial charge in [0.15, 0.2) is 0 Å². The number of ether oxygens (including phenoxy) is 1. The van der Waals surface area contributed by atoms with Gasteiger partial charge in [-0.2, -0.15) is 0 Å². The highest BCUT2D eigenvalue weighted by molar-refractivity contribution is 5.83. The van der Waals surface area contributed by atoms with Gasteiger partial charge in [0, 0.05) is 13.0 Å². The molecule has 0 aliphatic carbocycles. The number of nitrogens with zero attached hydrogens (tertiary/aromatic N) is 1. The van der Waals surface area contributed by atoms with Gasteiger partial charge in [-0.1, -0.05) is 13.8 Å². The van der Waals surface area contributed by atoms with E-state index in [0.29, 0.717) is 24.8 Å². The molecule has 4 nitrogen and oxygen atoms in total. The Balaban J connectivity index is 2.44.